The molecule has 0 saturated carbocycles. The van der Waals surface area contributed by atoms with Crippen LogP contribution in [0, 0.1) is 37.0 Å². The topological polar surface area (TPSA) is 163 Å². The van der Waals surface area contributed by atoms with E-state index >= 15 is 0 Å². The Kier molecular flexibility index (Phi) is 18.1. The highest BCUT2D eigenvalue weighted by molar-refractivity contribution is 7.52. The van der Waals surface area contributed by atoms with Gasteiger partial charge in [0.1, 0.15) is 0 Å². The number of carbonyl (C=O) groups is 4. The summed E-state index contributed by atoms with van der Waals surface area (Å²) in [6.07, 6.45) is 16.8. The number of carbonyl (C=O) groups excluding carboxylic acids is 4. The lowest BCUT2D eigenvalue weighted by molar-refractivity contribution is -0.127. The van der Waals surface area contributed by atoms with Crippen molar-refractivity contribution in [2.24, 2.45) is 0 Å². The van der Waals surface area contributed by atoms with E-state index in [4.69, 9.17) is 23.8 Å². The van der Waals surface area contributed by atoms with E-state index in [1.807, 2.05) is 0 Å². The third kappa shape index (κ3) is 17.2. The Morgan fingerprint density at radius 2 is 1.18 bits per heavy atom. The van der Waals surface area contributed by atoms with Crippen LogP contribution in [0.4, 0.5) is 0 Å². The summed E-state index contributed by atoms with van der Waals surface area (Å²) in [4.78, 5) is 59.2. The Morgan fingerprint density at radius 1 is 0.763 bits per heavy atom. The molecule has 0 radical (unpaired) electrons. The van der Waals surface area contributed by atoms with Gasteiger partial charge in [-0.3, -0.25) is 23.7 Å². The fourth-order valence-electron chi connectivity index (χ4n) is 3.38. The molecule has 210 valence electrons. The minimum Gasteiger partial charge on any atom is -0.351 e. The molecule has 38 heavy (non-hydrogen) atoms. The maximum atomic E-state index is 12.9. The summed E-state index contributed by atoms with van der Waals surface area (Å²) in [6, 6.07) is 0. The van der Waals surface area contributed by atoms with E-state index < -0.39 is 13.1 Å². The Balaban J connectivity index is 5.51. The highest BCUT2D eigenvalue weighted by Crippen LogP contribution is 2.41. The van der Waals surface area contributed by atoms with Crippen LogP contribution in [-0.4, -0.2) is 66.5 Å². The molecular weight excluding hydrogens is 511 g/mol. The van der Waals surface area contributed by atoms with Crippen molar-refractivity contribution < 1.29 is 33.2 Å². The highest BCUT2D eigenvalue weighted by atomic mass is 31.2. The van der Waals surface area contributed by atoms with Gasteiger partial charge in [0.05, 0.1) is 26.2 Å². The molecule has 0 aliphatic carbocycles. The summed E-state index contributed by atoms with van der Waals surface area (Å²) in [5, 5.41) is 10.6. The van der Waals surface area contributed by atoms with Crippen LogP contribution in [0.3, 0.4) is 0 Å². The molecule has 0 aromatic heterocycles. The van der Waals surface area contributed by atoms with Crippen molar-refractivity contribution in [1.29, 1.82) is 0 Å². The summed E-state index contributed by atoms with van der Waals surface area (Å²) >= 11 is 0. The van der Waals surface area contributed by atoms with Crippen LogP contribution in [0.5, 0.6) is 0 Å². The predicted molar refractivity (Wildman–Crippen MR) is 144 cm³/mol. The van der Waals surface area contributed by atoms with Gasteiger partial charge in [-0.1, -0.05) is 24.7 Å². The number of terminal acetylenes is 3. The van der Waals surface area contributed by atoms with Crippen LogP contribution in [0.1, 0.15) is 64.7 Å². The van der Waals surface area contributed by atoms with Gasteiger partial charge in [0.25, 0.3) is 0 Å². The lowest BCUT2D eigenvalue weighted by Gasteiger charge is -2.35. The van der Waals surface area contributed by atoms with Crippen molar-refractivity contribution in [3.8, 4) is 37.0 Å². The summed E-state index contributed by atoms with van der Waals surface area (Å²) in [5.41, 5.74) is -1.06. The van der Waals surface area contributed by atoms with Crippen LogP contribution in [0.25, 0.3) is 0 Å². The van der Waals surface area contributed by atoms with E-state index in [1.54, 1.807) is 6.92 Å². The molecule has 0 heterocycles. The van der Waals surface area contributed by atoms with E-state index in [0.717, 1.165) is 0 Å². The molecule has 0 aromatic rings. The first-order valence-corrected chi connectivity index (χ1v) is 14.2. The fourth-order valence-corrected chi connectivity index (χ4v) is 3.98. The van der Waals surface area contributed by atoms with E-state index in [0.29, 0.717) is 12.8 Å². The molecule has 0 bridgehead atoms. The van der Waals surface area contributed by atoms with Gasteiger partial charge in [0.15, 0.2) is 0 Å². The summed E-state index contributed by atoms with van der Waals surface area (Å²) in [7, 11) is -3.60. The van der Waals surface area contributed by atoms with Crippen LogP contribution < -0.4 is 21.3 Å². The summed E-state index contributed by atoms with van der Waals surface area (Å²) < 4.78 is 16.5. The Hall–Kier alpha value is -3.29. The van der Waals surface area contributed by atoms with Gasteiger partial charge in [-0.25, -0.2) is 0 Å². The number of nitrogens with one attached hydrogen (secondary N) is 4. The molecule has 11 nitrogen and oxygen atoms in total. The zero-order valence-corrected chi connectivity index (χ0v) is 22.9. The zero-order valence-electron chi connectivity index (χ0n) is 22.0. The first-order chi connectivity index (χ1) is 18.0. The van der Waals surface area contributed by atoms with Crippen molar-refractivity contribution >= 4 is 31.2 Å². The van der Waals surface area contributed by atoms with Gasteiger partial charge < -0.3 is 30.7 Å². The number of unbranched alkanes of at least 4 members (excludes halogenated alkanes) is 1. The molecule has 0 aromatic carbocycles. The second-order valence-corrected chi connectivity index (χ2v) is 10.7. The minimum atomic E-state index is -3.60. The molecule has 1 unspecified atom stereocenters. The van der Waals surface area contributed by atoms with E-state index in [2.05, 4.69) is 39.0 Å². The SMILES string of the molecule is C#CCNC(=O)CCC(CCC(=O)NCC#C)(CCC(=O)NCC#C)NC(=O)CCCCOP(=O)(O)CC. The Labute approximate surface area is 225 Å². The smallest absolute Gasteiger partial charge is 0.327 e. The second-order valence-electron chi connectivity index (χ2n) is 8.52. The third-order valence-corrected chi connectivity index (χ3v) is 6.94. The highest BCUT2D eigenvalue weighted by Gasteiger charge is 2.33. The van der Waals surface area contributed by atoms with Crippen LogP contribution >= 0.6 is 7.60 Å². The predicted octanol–water partition coefficient (Wildman–Crippen LogP) is 0.822. The molecule has 0 spiro atoms. The van der Waals surface area contributed by atoms with Crippen molar-refractivity contribution in [2.45, 2.75) is 70.3 Å². The van der Waals surface area contributed by atoms with Gasteiger partial charge in [-0.15, -0.1) is 19.3 Å². The normalized spacial score (nSPS) is 12.1. The number of amides is 4. The van der Waals surface area contributed by atoms with Gasteiger partial charge in [-0.2, -0.15) is 0 Å². The fraction of sp³-hybridized carbons (Fsp3) is 0.615. The molecule has 1 atom stereocenters. The quantitative estimate of drug-likeness (QED) is 0.0851. The van der Waals surface area contributed by atoms with Gasteiger partial charge in [0.2, 0.25) is 23.6 Å². The minimum absolute atomic E-state index is 0.00342. The number of rotatable bonds is 20. The van der Waals surface area contributed by atoms with Gasteiger partial charge in [0, 0.05) is 37.4 Å². The first kappa shape index (κ1) is 34.7. The van der Waals surface area contributed by atoms with Crippen LogP contribution in [0.15, 0.2) is 0 Å². The molecular formula is C26H39N4O7P. The van der Waals surface area contributed by atoms with E-state index in [-0.39, 0.29) is 101 Å². The maximum absolute atomic E-state index is 12.9. The lowest BCUT2D eigenvalue weighted by atomic mass is 9.83. The monoisotopic (exact) mass is 550 g/mol. The zero-order chi connectivity index (χ0) is 28.9. The largest absolute Gasteiger partial charge is 0.351 e. The molecule has 0 saturated heterocycles. The summed E-state index contributed by atoms with van der Waals surface area (Å²) in [5.74, 6) is 5.57. The standard InChI is InChI=1S/C26H39N4O7P/c1-5-18-27-22(31)12-15-26(16-13-23(32)28-19-6-2,17-14-24(33)29-20-7-3)30-25(34)11-9-10-21-37-38(35,36)8-4/h1-3H,8-21H2,4H3,(H,27,31)(H,28,32)(H,29,33)(H,30,34)(H,35,36). The second kappa shape index (κ2) is 19.8. The Bertz CT molecular complexity index is 879. The Morgan fingerprint density at radius 3 is 1.55 bits per heavy atom. The van der Waals surface area contributed by atoms with Crippen molar-refractivity contribution in [3.63, 3.8) is 0 Å². The van der Waals surface area contributed by atoms with E-state index in [9.17, 15) is 28.6 Å². The molecule has 0 aliphatic heterocycles. The average molecular weight is 551 g/mol. The molecule has 0 aliphatic rings. The van der Waals surface area contributed by atoms with Gasteiger partial charge >= 0.3 is 7.60 Å². The van der Waals surface area contributed by atoms with Crippen molar-refractivity contribution in [2.75, 3.05) is 32.4 Å². The summed E-state index contributed by atoms with van der Waals surface area (Å²) in [6.45, 7) is 1.70. The molecule has 4 amide bonds. The first-order valence-electron chi connectivity index (χ1n) is 12.4. The van der Waals surface area contributed by atoms with Crippen LogP contribution in [0.2, 0.25) is 0 Å². The average Bonchev–Trinajstić information content (AvgIpc) is 2.89. The van der Waals surface area contributed by atoms with E-state index in [1.165, 1.54) is 0 Å². The van der Waals surface area contributed by atoms with Crippen molar-refractivity contribution in [3.05, 3.63) is 0 Å². The molecule has 0 rings (SSSR count). The van der Waals surface area contributed by atoms with Crippen LogP contribution in [-0.2, 0) is 28.3 Å². The number of hydrogen-bond donors (Lipinski definition) is 5. The molecule has 12 heteroatoms. The molecule has 5 N–H and O–H groups in total. The van der Waals surface area contributed by atoms with Crippen molar-refractivity contribution in [1.82, 2.24) is 21.3 Å². The molecule has 0 fully saturated rings. The van der Waals surface area contributed by atoms with Gasteiger partial charge in [-0.05, 0) is 32.1 Å². The number of hydrogen-bond acceptors (Lipinski definition) is 6. The maximum Gasteiger partial charge on any atom is 0.327 e. The lowest BCUT2D eigenvalue weighted by Crippen LogP contribution is -2.50. The third-order valence-electron chi connectivity index (χ3n) is 5.55.